The van der Waals surface area contributed by atoms with Crippen LogP contribution in [-0.2, 0) is 12.8 Å². The van der Waals surface area contributed by atoms with Crippen molar-refractivity contribution in [3.8, 4) is 0 Å². The molecule has 0 fully saturated rings. The number of urea groups is 1. The number of H-pyrrole nitrogens is 1. The Bertz CT molecular complexity index is 803. The molecule has 0 aliphatic rings. The predicted molar refractivity (Wildman–Crippen MR) is 102 cm³/mol. The maximum absolute atomic E-state index is 11.8. The van der Waals surface area contributed by atoms with Gasteiger partial charge in [0.1, 0.15) is 5.82 Å². The van der Waals surface area contributed by atoms with E-state index in [0.29, 0.717) is 12.5 Å². The molecule has 0 aliphatic carbocycles. The number of nitrogens with one attached hydrogen (secondary N) is 3. The number of imidazole rings is 1. The molecule has 3 N–H and O–H groups in total. The number of amides is 2. The summed E-state index contributed by atoms with van der Waals surface area (Å²) >= 11 is 0. The molecule has 0 aliphatic heterocycles. The van der Waals surface area contributed by atoms with Gasteiger partial charge in [-0.2, -0.15) is 0 Å². The van der Waals surface area contributed by atoms with Gasteiger partial charge >= 0.3 is 6.03 Å². The second-order valence-electron chi connectivity index (χ2n) is 6.63. The second kappa shape index (κ2) is 7.83. The van der Waals surface area contributed by atoms with Crippen LogP contribution in [0.15, 0.2) is 48.5 Å². The van der Waals surface area contributed by atoms with E-state index in [4.69, 9.17) is 0 Å². The number of aromatic nitrogens is 2. The van der Waals surface area contributed by atoms with Crippen molar-refractivity contribution >= 4 is 22.8 Å². The van der Waals surface area contributed by atoms with Gasteiger partial charge in [-0.25, -0.2) is 9.78 Å². The first-order valence-corrected chi connectivity index (χ1v) is 8.67. The highest BCUT2D eigenvalue weighted by Gasteiger charge is 2.04. The lowest BCUT2D eigenvalue weighted by atomic mass is 10.1. The second-order valence-corrected chi connectivity index (χ2v) is 6.63. The molecule has 3 rings (SSSR count). The average Bonchev–Trinajstić information content (AvgIpc) is 3.02. The maximum Gasteiger partial charge on any atom is 0.319 e. The number of carbonyl (C=O) groups excluding carboxylic acids is 1. The van der Waals surface area contributed by atoms with Crippen molar-refractivity contribution in [1.29, 1.82) is 0 Å². The van der Waals surface area contributed by atoms with E-state index in [0.717, 1.165) is 35.4 Å². The molecule has 1 aromatic heterocycles. The minimum absolute atomic E-state index is 0.163. The SMILES string of the molecule is CC(C)CNC(=O)Nc1ccc(CCc2nc3ccccc3[nH]2)cc1. The van der Waals surface area contributed by atoms with Crippen LogP contribution in [0.3, 0.4) is 0 Å². The van der Waals surface area contributed by atoms with E-state index >= 15 is 0 Å². The monoisotopic (exact) mass is 336 g/mol. The van der Waals surface area contributed by atoms with Crippen molar-refractivity contribution in [2.24, 2.45) is 5.92 Å². The molecule has 2 aromatic carbocycles. The summed E-state index contributed by atoms with van der Waals surface area (Å²) in [6, 6.07) is 15.8. The topological polar surface area (TPSA) is 69.8 Å². The van der Waals surface area contributed by atoms with Gasteiger partial charge in [0.05, 0.1) is 11.0 Å². The number of anilines is 1. The Labute approximate surface area is 147 Å². The quantitative estimate of drug-likeness (QED) is 0.633. The minimum Gasteiger partial charge on any atom is -0.342 e. The Morgan fingerprint density at radius 3 is 2.56 bits per heavy atom. The highest BCUT2D eigenvalue weighted by molar-refractivity contribution is 5.89. The smallest absolute Gasteiger partial charge is 0.319 e. The lowest BCUT2D eigenvalue weighted by Gasteiger charge is -2.09. The Balaban J connectivity index is 1.52. The van der Waals surface area contributed by atoms with Crippen molar-refractivity contribution in [1.82, 2.24) is 15.3 Å². The van der Waals surface area contributed by atoms with E-state index in [2.05, 4.69) is 34.4 Å². The van der Waals surface area contributed by atoms with Gasteiger partial charge in [0.2, 0.25) is 0 Å². The Hall–Kier alpha value is -2.82. The van der Waals surface area contributed by atoms with Gasteiger partial charge in [-0.05, 0) is 42.2 Å². The number of aromatic amines is 1. The summed E-state index contributed by atoms with van der Waals surface area (Å²) in [6.07, 6.45) is 1.76. The fourth-order valence-electron chi connectivity index (χ4n) is 2.61. The molecule has 2 amide bonds. The number of nitrogens with zero attached hydrogens (tertiary/aromatic N) is 1. The maximum atomic E-state index is 11.8. The molecule has 0 saturated carbocycles. The van der Waals surface area contributed by atoms with Gasteiger partial charge in [0, 0.05) is 18.7 Å². The van der Waals surface area contributed by atoms with E-state index in [1.807, 2.05) is 48.5 Å². The van der Waals surface area contributed by atoms with E-state index in [1.165, 1.54) is 5.56 Å². The molecule has 0 spiro atoms. The van der Waals surface area contributed by atoms with Crippen LogP contribution in [0.4, 0.5) is 10.5 Å². The first kappa shape index (κ1) is 17.0. The van der Waals surface area contributed by atoms with Crippen LogP contribution in [0.1, 0.15) is 25.2 Å². The third-order valence-corrected chi connectivity index (χ3v) is 3.97. The number of aryl methyl sites for hydroxylation is 2. The first-order valence-electron chi connectivity index (χ1n) is 8.67. The summed E-state index contributed by atoms with van der Waals surface area (Å²) in [5.41, 5.74) is 4.09. The summed E-state index contributed by atoms with van der Waals surface area (Å²) in [5.74, 6) is 1.43. The zero-order valence-electron chi connectivity index (χ0n) is 14.7. The fraction of sp³-hybridized carbons (Fsp3) is 0.300. The molecule has 25 heavy (non-hydrogen) atoms. The molecule has 0 bridgehead atoms. The van der Waals surface area contributed by atoms with Crippen molar-refractivity contribution < 1.29 is 4.79 Å². The van der Waals surface area contributed by atoms with Crippen molar-refractivity contribution in [3.05, 3.63) is 59.9 Å². The largest absolute Gasteiger partial charge is 0.342 e. The number of rotatable bonds is 6. The number of hydrogen-bond donors (Lipinski definition) is 3. The molecule has 5 heteroatoms. The highest BCUT2D eigenvalue weighted by Crippen LogP contribution is 2.14. The zero-order valence-corrected chi connectivity index (χ0v) is 14.7. The van der Waals surface area contributed by atoms with Gasteiger partial charge in [-0.15, -0.1) is 0 Å². The van der Waals surface area contributed by atoms with Crippen LogP contribution in [-0.4, -0.2) is 22.5 Å². The molecule has 130 valence electrons. The number of carbonyl (C=O) groups is 1. The van der Waals surface area contributed by atoms with Crippen LogP contribution < -0.4 is 10.6 Å². The molecule has 3 aromatic rings. The number of benzene rings is 2. The van der Waals surface area contributed by atoms with E-state index in [9.17, 15) is 4.79 Å². The molecule has 5 nitrogen and oxygen atoms in total. The van der Waals surface area contributed by atoms with Gasteiger partial charge in [-0.3, -0.25) is 0 Å². The summed E-state index contributed by atoms with van der Waals surface area (Å²) in [4.78, 5) is 19.7. The first-order chi connectivity index (χ1) is 12.1. The van der Waals surface area contributed by atoms with E-state index in [-0.39, 0.29) is 6.03 Å². The van der Waals surface area contributed by atoms with Gasteiger partial charge in [0.15, 0.2) is 0 Å². The zero-order chi connectivity index (χ0) is 17.6. The molecule has 0 atom stereocenters. The van der Waals surface area contributed by atoms with E-state index < -0.39 is 0 Å². The van der Waals surface area contributed by atoms with Crippen LogP contribution in [0.25, 0.3) is 11.0 Å². The van der Waals surface area contributed by atoms with Crippen LogP contribution in [0.5, 0.6) is 0 Å². The van der Waals surface area contributed by atoms with Crippen LogP contribution in [0.2, 0.25) is 0 Å². The van der Waals surface area contributed by atoms with E-state index in [1.54, 1.807) is 0 Å². The Kier molecular flexibility index (Phi) is 5.33. The van der Waals surface area contributed by atoms with Crippen molar-refractivity contribution in [2.75, 3.05) is 11.9 Å². The molecule has 1 heterocycles. The molecule has 0 unspecified atom stereocenters. The predicted octanol–water partition coefficient (Wildman–Crippen LogP) is 4.13. The van der Waals surface area contributed by atoms with Gasteiger partial charge < -0.3 is 15.6 Å². The van der Waals surface area contributed by atoms with Crippen molar-refractivity contribution in [2.45, 2.75) is 26.7 Å². The fourth-order valence-corrected chi connectivity index (χ4v) is 2.61. The molecule has 0 radical (unpaired) electrons. The lowest BCUT2D eigenvalue weighted by molar-refractivity contribution is 0.251. The van der Waals surface area contributed by atoms with Crippen LogP contribution >= 0.6 is 0 Å². The number of fused-ring (bicyclic) bond motifs is 1. The summed E-state index contributed by atoms with van der Waals surface area (Å²) in [5, 5.41) is 5.69. The normalized spacial score (nSPS) is 11.0. The molecule has 0 saturated heterocycles. The van der Waals surface area contributed by atoms with Gasteiger partial charge in [-0.1, -0.05) is 38.1 Å². The summed E-state index contributed by atoms with van der Waals surface area (Å²) < 4.78 is 0. The molecular weight excluding hydrogens is 312 g/mol. The standard InChI is InChI=1S/C20H24N4O/c1-14(2)13-21-20(25)22-16-10-7-15(8-11-16)9-12-19-23-17-5-3-4-6-18(17)24-19/h3-8,10-11,14H,9,12-13H2,1-2H3,(H,23,24)(H2,21,22,25). The Morgan fingerprint density at radius 2 is 1.84 bits per heavy atom. The third kappa shape index (κ3) is 4.83. The number of para-hydroxylation sites is 2. The summed E-state index contributed by atoms with van der Waals surface area (Å²) in [7, 11) is 0. The average molecular weight is 336 g/mol. The lowest BCUT2D eigenvalue weighted by Crippen LogP contribution is -2.31. The van der Waals surface area contributed by atoms with Crippen molar-refractivity contribution in [3.63, 3.8) is 0 Å². The Morgan fingerprint density at radius 1 is 1.08 bits per heavy atom. The number of hydrogen-bond acceptors (Lipinski definition) is 2. The van der Waals surface area contributed by atoms with Crippen LogP contribution in [0, 0.1) is 5.92 Å². The minimum atomic E-state index is -0.163. The molecular formula is C20H24N4O. The van der Waals surface area contributed by atoms with Gasteiger partial charge in [0.25, 0.3) is 0 Å². The highest BCUT2D eigenvalue weighted by atomic mass is 16.2. The summed E-state index contributed by atoms with van der Waals surface area (Å²) in [6.45, 7) is 4.80. The third-order valence-electron chi connectivity index (χ3n) is 3.97.